The van der Waals surface area contributed by atoms with Gasteiger partial charge in [0.15, 0.2) is 0 Å². The highest BCUT2D eigenvalue weighted by Gasteiger charge is 2.67. The van der Waals surface area contributed by atoms with E-state index in [1.807, 2.05) is 12.1 Å². The van der Waals surface area contributed by atoms with Crippen molar-refractivity contribution in [1.29, 1.82) is 0 Å². The molecule has 5 nitrogen and oxygen atoms in total. The third-order valence-electron chi connectivity index (χ3n) is 9.63. The second-order valence-electron chi connectivity index (χ2n) is 11.3. The summed E-state index contributed by atoms with van der Waals surface area (Å²) in [4.78, 5) is 19.9. The number of hydrogen-bond donors (Lipinski definition) is 1. The molecule has 1 aromatic heterocycles. The van der Waals surface area contributed by atoms with E-state index in [0.717, 1.165) is 50.6 Å². The highest BCUT2D eigenvalue weighted by atomic mass is 16.5. The van der Waals surface area contributed by atoms with Gasteiger partial charge in [0.25, 0.3) is 0 Å². The van der Waals surface area contributed by atoms with Crippen molar-refractivity contribution in [2.75, 3.05) is 19.4 Å². The summed E-state index contributed by atoms with van der Waals surface area (Å²) < 4.78 is 7.28. The third kappa shape index (κ3) is 2.76. The number of ether oxygens (including phenoxy) is 1. The van der Waals surface area contributed by atoms with Crippen molar-refractivity contribution >= 4 is 11.6 Å². The van der Waals surface area contributed by atoms with Gasteiger partial charge in [-0.3, -0.25) is 9.78 Å². The fourth-order valence-corrected chi connectivity index (χ4v) is 7.92. The lowest BCUT2D eigenvalue weighted by molar-refractivity contribution is -0.146. The maximum Gasteiger partial charge on any atom is 0.228 e. The summed E-state index contributed by atoms with van der Waals surface area (Å²) >= 11 is 0. The van der Waals surface area contributed by atoms with Crippen molar-refractivity contribution in [3.63, 3.8) is 0 Å². The van der Waals surface area contributed by atoms with E-state index in [-0.39, 0.29) is 28.4 Å². The molecule has 3 fully saturated rings. The van der Waals surface area contributed by atoms with Gasteiger partial charge in [-0.15, -0.1) is 0 Å². The van der Waals surface area contributed by atoms with Gasteiger partial charge in [0.05, 0.1) is 23.1 Å². The van der Waals surface area contributed by atoms with E-state index >= 15 is 0 Å². The molecule has 3 heterocycles. The minimum Gasteiger partial charge on any atom is -0.359 e. The first-order valence-electron chi connectivity index (χ1n) is 12.4. The van der Waals surface area contributed by atoms with Crippen molar-refractivity contribution in [2.45, 2.75) is 75.5 Å². The fourth-order valence-electron chi connectivity index (χ4n) is 7.92. The van der Waals surface area contributed by atoms with Crippen LogP contribution in [0.2, 0.25) is 0 Å². The molecule has 5 aliphatic rings. The summed E-state index contributed by atoms with van der Waals surface area (Å²) in [7, 11) is 4.41. The number of hydrogen-bond acceptors (Lipinski definition) is 4. The number of allylic oxidation sites excluding steroid dienone is 1. The van der Waals surface area contributed by atoms with Crippen molar-refractivity contribution in [3.8, 4) is 0 Å². The Morgan fingerprint density at radius 1 is 1.25 bits per heavy atom. The van der Waals surface area contributed by atoms with E-state index in [1.165, 1.54) is 17.6 Å². The van der Waals surface area contributed by atoms with Gasteiger partial charge in [-0.05, 0) is 100 Å². The standard InChI is InChI=1S/C27H35N3O2/c1-25-11-10-19-15-18-6-7-21(30(2)3)16-26(18)12-13-27(19,32-26)23(25)9-8-22(25)24(31)29-20-5-4-14-28-17-20/h4-5,10,14-15,17,21-23H,6-9,11-13,16H2,1-3H3,(H,29,31)/t21-,22?,23-,25?,26-,27-/m1/s1. The molecule has 3 aliphatic carbocycles. The lowest BCUT2D eigenvalue weighted by Gasteiger charge is -2.54. The predicted molar refractivity (Wildman–Crippen MR) is 125 cm³/mol. The quantitative estimate of drug-likeness (QED) is 0.749. The molecule has 0 aromatic carbocycles. The number of nitrogens with zero attached hydrogens (tertiary/aromatic N) is 2. The Kier molecular flexibility index (Phi) is 4.51. The normalized spacial score (nSPS) is 41.9. The van der Waals surface area contributed by atoms with Gasteiger partial charge in [0.2, 0.25) is 5.91 Å². The smallest absolute Gasteiger partial charge is 0.228 e. The Labute approximate surface area is 191 Å². The Bertz CT molecular complexity index is 1000. The largest absolute Gasteiger partial charge is 0.359 e. The first kappa shape index (κ1) is 20.6. The molecule has 2 unspecified atom stereocenters. The second kappa shape index (κ2) is 7.01. The number of amides is 1. The van der Waals surface area contributed by atoms with Crippen LogP contribution in [-0.2, 0) is 9.53 Å². The molecule has 1 N–H and O–H groups in total. The third-order valence-corrected chi connectivity index (χ3v) is 9.63. The molecule has 0 radical (unpaired) electrons. The van der Waals surface area contributed by atoms with Crippen LogP contribution in [0.15, 0.2) is 47.8 Å². The predicted octanol–water partition coefficient (Wildman–Crippen LogP) is 4.72. The van der Waals surface area contributed by atoms with Gasteiger partial charge in [-0.2, -0.15) is 0 Å². The first-order valence-corrected chi connectivity index (χ1v) is 12.4. The van der Waals surface area contributed by atoms with Gasteiger partial charge in [-0.1, -0.05) is 19.1 Å². The lowest BCUT2D eigenvalue weighted by atomic mass is 9.58. The molecule has 1 saturated heterocycles. The van der Waals surface area contributed by atoms with Gasteiger partial charge in [-0.25, -0.2) is 0 Å². The topological polar surface area (TPSA) is 54.5 Å². The molecule has 2 aliphatic heterocycles. The number of anilines is 1. The minimum absolute atomic E-state index is 0.00582. The lowest BCUT2D eigenvalue weighted by Crippen LogP contribution is -2.55. The van der Waals surface area contributed by atoms with Crippen LogP contribution in [0.4, 0.5) is 5.69 Å². The first-order chi connectivity index (χ1) is 15.4. The van der Waals surface area contributed by atoms with Gasteiger partial charge in [0.1, 0.15) is 0 Å². The molecule has 2 saturated carbocycles. The Morgan fingerprint density at radius 3 is 2.91 bits per heavy atom. The maximum absolute atomic E-state index is 13.4. The van der Waals surface area contributed by atoms with E-state index in [0.29, 0.717) is 12.0 Å². The molecule has 2 bridgehead atoms. The average Bonchev–Trinajstić information content (AvgIpc) is 3.29. The molecule has 1 amide bonds. The molecule has 1 aromatic rings. The van der Waals surface area contributed by atoms with Crippen LogP contribution in [0.25, 0.3) is 0 Å². The highest BCUT2D eigenvalue weighted by Crippen LogP contribution is 2.67. The number of aromatic nitrogens is 1. The van der Waals surface area contributed by atoms with Crippen molar-refractivity contribution < 1.29 is 9.53 Å². The number of carbonyl (C=O) groups excluding carboxylic acids is 1. The van der Waals surface area contributed by atoms with Crippen LogP contribution in [0.5, 0.6) is 0 Å². The Morgan fingerprint density at radius 2 is 2.12 bits per heavy atom. The van der Waals surface area contributed by atoms with Gasteiger partial charge >= 0.3 is 0 Å². The average molecular weight is 434 g/mol. The van der Waals surface area contributed by atoms with Gasteiger partial charge in [0, 0.05) is 18.2 Å². The summed E-state index contributed by atoms with van der Waals surface area (Å²) in [5.74, 6) is 0.546. The van der Waals surface area contributed by atoms with Crippen LogP contribution in [0.3, 0.4) is 0 Å². The molecular weight excluding hydrogens is 398 g/mol. The fraction of sp³-hybridized carbons (Fsp3) is 0.630. The maximum atomic E-state index is 13.4. The van der Waals surface area contributed by atoms with Crippen LogP contribution < -0.4 is 5.32 Å². The van der Waals surface area contributed by atoms with Crippen LogP contribution in [0, 0.1) is 17.3 Å². The number of fused-ring (bicyclic) bond motifs is 1. The van der Waals surface area contributed by atoms with Crippen LogP contribution in [-0.4, -0.2) is 47.1 Å². The monoisotopic (exact) mass is 433 g/mol. The number of rotatable bonds is 3. The summed E-state index contributed by atoms with van der Waals surface area (Å²) in [6.07, 6.45) is 17.1. The Balaban J connectivity index is 1.31. The highest BCUT2D eigenvalue weighted by molar-refractivity contribution is 5.93. The molecule has 6 rings (SSSR count). The van der Waals surface area contributed by atoms with E-state index in [4.69, 9.17) is 4.74 Å². The van der Waals surface area contributed by atoms with Crippen LogP contribution >= 0.6 is 0 Å². The van der Waals surface area contributed by atoms with E-state index in [1.54, 1.807) is 12.4 Å². The molecule has 2 spiro atoms. The molecule has 32 heavy (non-hydrogen) atoms. The zero-order valence-corrected chi connectivity index (χ0v) is 19.6. The number of carbonyl (C=O) groups is 1. The summed E-state index contributed by atoms with van der Waals surface area (Å²) in [5.41, 5.74) is 3.38. The minimum atomic E-state index is -0.200. The van der Waals surface area contributed by atoms with Crippen molar-refractivity contribution in [3.05, 3.63) is 47.8 Å². The van der Waals surface area contributed by atoms with E-state index < -0.39 is 0 Å². The molecule has 6 atom stereocenters. The molecule has 170 valence electrons. The molecule has 5 heteroatoms. The number of pyridine rings is 1. The SMILES string of the molecule is CN(C)[C@@H]1CCC2=CC3=CCC4(C)C(C(=O)Nc5cccnc5)CC[C@H]4[C@@]34CC[C@]2(C1)O4. The van der Waals surface area contributed by atoms with E-state index in [2.05, 4.69) is 48.4 Å². The summed E-state index contributed by atoms with van der Waals surface area (Å²) in [5, 5.41) is 3.14. The molecular formula is C27H35N3O2. The Hall–Kier alpha value is -1.98. The second-order valence-corrected chi connectivity index (χ2v) is 11.3. The summed E-state index contributed by atoms with van der Waals surface area (Å²) in [6.45, 7) is 2.34. The zero-order chi connectivity index (χ0) is 22.1. The zero-order valence-electron chi connectivity index (χ0n) is 19.6. The van der Waals surface area contributed by atoms with Crippen molar-refractivity contribution in [1.82, 2.24) is 9.88 Å². The van der Waals surface area contributed by atoms with Gasteiger partial charge < -0.3 is 15.0 Å². The van der Waals surface area contributed by atoms with Crippen LogP contribution in [0.1, 0.15) is 58.3 Å². The van der Waals surface area contributed by atoms with E-state index in [9.17, 15) is 4.79 Å². The number of nitrogens with one attached hydrogen (secondary N) is 1. The van der Waals surface area contributed by atoms with Crippen molar-refractivity contribution in [2.24, 2.45) is 17.3 Å². The summed E-state index contributed by atoms with van der Waals surface area (Å²) in [6, 6.07) is 4.37.